The summed E-state index contributed by atoms with van der Waals surface area (Å²) in [5.74, 6) is -0.688. The zero-order valence-electron chi connectivity index (χ0n) is 11.4. The van der Waals surface area contributed by atoms with Gasteiger partial charge in [-0.15, -0.1) is 0 Å². The second-order valence-electron chi connectivity index (χ2n) is 4.92. The van der Waals surface area contributed by atoms with Gasteiger partial charge in [-0.1, -0.05) is 11.6 Å². The van der Waals surface area contributed by atoms with Crippen LogP contribution in [0.5, 0.6) is 0 Å². The van der Waals surface area contributed by atoms with E-state index in [1.807, 2.05) is 0 Å². The molecule has 110 valence electrons. The van der Waals surface area contributed by atoms with Crippen LogP contribution in [0.4, 0.5) is 0 Å². The summed E-state index contributed by atoms with van der Waals surface area (Å²) in [6.45, 7) is 2.65. The smallest absolute Gasteiger partial charge is 0.271 e. The van der Waals surface area contributed by atoms with Gasteiger partial charge in [0.2, 0.25) is 5.43 Å². The number of amides is 1. The number of hydrazone groups is 1. The SMILES string of the molecule is CC(C)(O)C(=O)NN=Cc1coc2ccc(Cl)cc2c1=O. The van der Waals surface area contributed by atoms with E-state index < -0.39 is 11.5 Å². The topological polar surface area (TPSA) is 91.9 Å². The number of carbonyl (C=O) groups is 1. The molecule has 1 aromatic heterocycles. The Morgan fingerprint density at radius 1 is 1.48 bits per heavy atom. The minimum absolute atomic E-state index is 0.154. The molecule has 0 atom stereocenters. The third-order valence-corrected chi connectivity index (χ3v) is 2.92. The molecule has 0 spiro atoms. The van der Waals surface area contributed by atoms with Gasteiger partial charge in [-0.3, -0.25) is 9.59 Å². The number of halogens is 1. The van der Waals surface area contributed by atoms with Crippen LogP contribution in [0, 0.1) is 0 Å². The Morgan fingerprint density at radius 3 is 2.86 bits per heavy atom. The van der Waals surface area contributed by atoms with Crippen LogP contribution in [-0.2, 0) is 4.79 Å². The Kier molecular flexibility index (Phi) is 4.11. The summed E-state index contributed by atoms with van der Waals surface area (Å²) in [6.07, 6.45) is 2.38. The highest BCUT2D eigenvalue weighted by molar-refractivity contribution is 6.31. The summed E-state index contributed by atoms with van der Waals surface area (Å²) >= 11 is 5.84. The molecule has 2 N–H and O–H groups in total. The molecular formula is C14H13ClN2O4. The molecular weight excluding hydrogens is 296 g/mol. The number of nitrogens with one attached hydrogen (secondary N) is 1. The fraction of sp³-hybridized carbons (Fsp3) is 0.214. The van der Waals surface area contributed by atoms with Gasteiger partial charge in [0, 0.05) is 5.02 Å². The minimum Gasteiger partial charge on any atom is -0.463 e. The summed E-state index contributed by atoms with van der Waals surface area (Å²) < 4.78 is 5.29. The maximum Gasteiger partial charge on any atom is 0.271 e. The van der Waals surface area contributed by atoms with Gasteiger partial charge in [0.05, 0.1) is 17.2 Å². The van der Waals surface area contributed by atoms with E-state index in [0.29, 0.717) is 16.0 Å². The predicted molar refractivity (Wildman–Crippen MR) is 79.5 cm³/mol. The van der Waals surface area contributed by atoms with E-state index in [0.717, 1.165) is 6.21 Å². The van der Waals surface area contributed by atoms with Gasteiger partial charge in [-0.05, 0) is 32.0 Å². The van der Waals surface area contributed by atoms with Crippen LogP contribution in [0.3, 0.4) is 0 Å². The Morgan fingerprint density at radius 2 is 2.19 bits per heavy atom. The molecule has 0 aliphatic carbocycles. The summed E-state index contributed by atoms with van der Waals surface area (Å²) in [6, 6.07) is 4.70. The van der Waals surface area contributed by atoms with E-state index in [4.69, 9.17) is 16.0 Å². The maximum atomic E-state index is 12.2. The molecule has 2 rings (SSSR count). The average Bonchev–Trinajstić information content (AvgIpc) is 2.40. The quantitative estimate of drug-likeness (QED) is 0.666. The lowest BCUT2D eigenvalue weighted by atomic mass is 10.1. The van der Waals surface area contributed by atoms with E-state index >= 15 is 0 Å². The van der Waals surface area contributed by atoms with E-state index in [1.165, 1.54) is 26.2 Å². The van der Waals surface area contributed by atoms with E-state index in [2.05, 4.69) is 10.5 Å². The van der Waals surface area contributed by atoms with Crippen molar-refractivity contribution < 1.29 is 14.3 Å². The van der Waals surface area contributed by atoms with Crippen molar-refractivity contribution in [3.05, 3.63) is 45.3 Å². The highest BCUT2D eigenvalue weighted by Crippen LogP contribution is 2.16. The normalized spacial score (nSPS) is 12.0. The second-order valence-corrected chi connectivity index (χ2v) is 5.36. The molecule has 1 amide bonds. The fourth-order valence-corrected chi connectivity index (χ4v) is 1.68. The number of hydrogen-bond acceptors (Lipinski definition) is 5. The molecule has 1 aromatic carbocycles. The van der Waals surface area contributed by atoms with Crippen LogP contribution in [0.25, 0.3) is 11.0 Å². The largest absolute Gasteiger partial charge is 0.463 e. The number of hydrogen-bond donors (Lipinski definition) is 2. The zero-order chi connectivity index (χ0) is 15.6. The van der Waals surface area contributed by atoms with Gasteiger partial charge < -0.3 is 9.52 Å². The van der Waals surface area contributed by atoms with Crippen molar-refractivity contribution >= 4 is 34.7 Å². The van der Waals surface area contributed by atoms with Gasteiger partial charge in [0.15, 0.2) is 0 Å². The van der Waals surface area contributed by atoms with E-state index in [9.17, 15) is 14.7 Å². The molecule has 0 aliphatic heterocycles. The van der Waals surface area contributed by atoms with Crippen LogP contribution >= 0.6 is 11.6 Å². The molecule has 0 bridgehead atoms. The van der Waals surface area contributed by atoms with Crippen molar-refractivity contribution in [2.24, 2.45) is 5.10 Å². The summed E-state index contributed by atoms with van der Waals surface area (Å²) in [4.78, 5) is 23.6. The Balaban J connectivity index is 2.29. The molecule has 7 heteroatoms. The first-order chi connectivity index (χ1) is 9.79. The number of fused-ring (bicyclic) bond motifs is 1. The number of benzene rings is 1. The average molecular weight is 309 g/mol. The first-order valence-corrected chi connectivity index (χ1v) is 6.44. The first-order valence-electron chi connectivity index (χ1n) is 6.06. The van der Waals surface area contributed by atoms with Crippen molar-refractivity contribution in [1.29, 1.82) is 0 Å². The van der Waals surface area contributed by atoms with Crippen LogP contribution in [-0.4, -0.2) is 22.8 Å². The van der Waals surface area contributed by atoms with Gasteiger partial charge in [0.1, 0.15) is 17.4 Å². The molecule has 0 fully saturated rings. The van der Waals surface area contributed by atoms with Gasteiger partial charge in [-0.25, -0.2) is 5.43 Å². The lowest BCUT2D eigenvalue weighted by Gasteiger charge is -2.13. The second kappa shape index (κ2) is 5.67. The summed E-state index contributed by atoms with van der Waals surface area (Å²) in [5, 5.41) is 13.8. The van der Waals surface area contributed by atoms with Crippen LogP contribution in [0.15, 0.2) is 38.8 Å². The van der Waals surface area contributed by atoms with Crippen LogP contribution < -0.4 is 10.9 Å². The minimum atomic E-state index is -1.56. The third-order valence-electron chi connectivity index (χ3n) is 2.69. The predicted octanol–water partition coefficient (Wildman–Crippen LogP) is 1.67. The third kappa shape index (κ3) is 3.48. The highest BCUT2D eigenvalue weighted by Gasteiger charge is 2.22. The number of aliphatic hydroxyl groups is 1. The molecule has 1 heterocycles. The number of carbonyl (C=O) groups excluding carboxylic acids is 1. The molecule has 21 heavy (non-hydrogen) atoms. The molecule has 0 unspecified atom stereocenters. The van der Waals surface area contributed by atoms with Crippen LogP contribution in [0.1, 0.15) is 19.4 Å². The molecule has 6 nitrogen and oxygen atoms in total. The summed E-state index contributed by atoms with van der Waals surface area (Å²) in [7, 11) is 0. The van der Waals surface area contributed by atoms with Gasteiger partial charge in [0.25, 0.3) is 5.91 Å². The Labute approximate surface area is 125 Å². The van der Waals surface area contributed by atoms with Gasteiger partial charge in [-0.2, -0.15) is 5.10 Å². The van der Waals surface area contributed by atoms with Crippen molar-refractivity contribution in [3.8, 4) is 0 Å². The Bertz CT molecular complexity index is 775. The molecule has 0 saturated carbocycles. The number of nitrogens with zero attached hydrogens (tertiary/aromatic N) is 1. The summed E-state index contributed by atoms with van der Waals surface area (Å²) in [5.41, 5.74) is 0.814. The van der Waals surface area contributed by atoms with Crippen molar-refractivity contribution in [2.45, 2.75) is 19.4 Å². The van der Waals surface area contributed by atoms with Crippen molar-refractivity contribution in [3.63, 3.8) is 0 Å². The van der Waals surface area contributed by atoms with E-state index in [-0.39, 0.29) is 11.0 Å². The van der Waals surface area contributed by atoms with Crippen molar-refractivity contribution in [2.75, 3.05) is 0 Å². The number of rotatable bonds is 3. The fourth-order valence-electron chi connectivity index (χ4n) is 1.50. The van der Waals surface area contributed by atoms with Crippen molar-refractivity contribution in [1.82, 2.24) is 5.43 Å². The molecule has 0 aliphatic rings. The monoisotopic (exact) mass is 308 g/mol. The molecule has 0 radical (unpaired) electrons. The first kappa shape index (κ1) is 15.2. The van der Waals surface area contributed by atoms with Crippen LogP contribution in [0.2, 0.25) is 5.02 Å². The standard InChI is InChI=1S/C14H13ClN2O4/c1-14(2,20)13(19)17-16-6-8-7-21-11-4-3-9(15)5-10(11)12(8)18/h3-7,20H,1-2H3,(H,17,19). The lowest BCUT2D eigenvalue weighted by Crippen LogP contribution is -2.39. The molecule has 0 saturated heterocycles. The van der Waals surface area contributed by atoms with E-state index in [1.54, 1.807) is 12.1 Å². The van der Waals surface area contributed by atoms with Gasteiger partial charge >= 0.3 is 0 Å². The zero-order valence-corrected chi connectivity index (χ0v) is 12.1. The highest BCUT2D eigenvalue weighted by atomic mass is 35.5. The maximum absolute atomic E-state index is 12.2. The molecule has 2 aromatic rings. The Hall–Kier alpha value is -2.18. The lowest BCUT2D eigenvalue weighted by molar-refractivity contribution is -0.136.